The second kappa shape index (κ2) is 10.7. The van der Waals surface area contributed by atoms with Crippen LogP contribution in [0.25, 0.3) is 0 Å². The number of fused-ring (bicyclic) bond motifs is 1. The van der Waals surface area contributed by atoms with Gasteiger partial charge in [-0.05, 0) is 25.7 Å². The monoisotopic (exact) mass is 272 g/mol. The Morgan fingerprint density at radius 2 is 1.32 bits per heavy atom. The number of aliphatic hydroxyl groups is 2. The van der Waals surface area contributed by atoms with E-state index in [0.29, 0.717) is 0 Å². The van der Waals surface area contributed by atoms with Crippen LogP contribution in [0.15, 0.2) is 13.2 Å². The van der Waals surface area contributed by atoms with Crippen LogP contribution in [0.5, 0.6) is 0 Å². The second-order valence-corrected chi connectivity index (χ2v) is 4.39. The summed E-state index contributed by atoms with van der Waals surface area (Å²) in [5, 5.41) is 16.2. The van der Waals surface area contributed by atoms with E-state index in [2.05, 4.69) is 17.9 Å². The molecule has 0 amide bonds. The van der Waals surface area contributed by atoms with Gasteiger partial charge in [0.15, 0.2) is 0 Å². The molecule has 0 aromatic rings. The lowest BCUT2D eigenvalue weighted by Crippen LogP contribution is -2.21. The minimum Gasteiger partial charge on any atom is -0.396 e. The molecule has 1 aliphatic heterocycles. The molecule has 110 valence electrons. The average Bonchev–Trinajstić information content (AvgIpc) is 2.75. The van der Waals surface area contributed by atoms with Crippen molar-refractivity contribution < 1.29 is 24.5 Å². The molecule has 19 heavy (non-hydrogen) atoms. The molecule has 2 rings (SSSR count). The van der Waals surface area contributed by atoms with Crippen molar-refractivity contribution in [3.8, 4) is 0 Å². The van der Waals surface area contributed by atoms with E-state index in [1.807, 2.05) is 0 Å². The molecular formula is C14H24O5. The molecule has 1 saturated carbocycles. The van der Waals surface area contributed by atoms with Crippen LogP contribution in [0.4, 0.5) is 0 Å². The van der Waals surface area contributed by atoms with Crippen molar-refractivity contribution in [3.63, 3.8) is 0 Å². The van der Waals surface area contributed by atoms with E-state index in [0.717, 1.165) is 38.5 Å². The van der Waals surface area contributed by atoms with Gasteiger partial charge in [0.1, 0.15) is 0 Å². The van der Waals surface area contributed by atoms with Gasteiger partial charge in [0.2, 0.25) is 0 Å². The number of cyclic esters (lactones) is 2. The Hall–Kier alpha value is -1.20. The highest BCUT2D eigenvalue weighted by Gasteiger charge is 2.44. The predicted octanol–water partition coefficient (Wildman–Crippen LogP) is 1.43. The van der Waals surface area contributed by atoms with Crippen LogP contribution in [0.3, 0.4) is 0 Å². The molecule has 0 bridgehead atoms. The molecule has 2 aliphatic rings. The fourth-order valence-corrected chi connectivity index (χ4v) is 2.17. The van der Waals surface area contributed by atoms with Crippen molar-refractivity contribution >= 4 is 11.9 Å². The smallest absolute Gasteiger partial charge is 0.317 e. The molecule has 0 aromatic carbocycles. The SMILES string of the molecule is C=C.O=C1OC(=O)C2CCCCC12.OCCCCO. The third-order valence-electron chi connectivity index (χ3n) is 3.14. The fraction of sp³-hybridized carbons (Fsp3) is 0.714. The van der Waals surface area contributed by atoms with Gasteiger partial charge in [-0.15, -0.1) is 13.2 Å². The van der Waals surface area contributed by atoms with Crippen molar-refractivity contribution in [2.45, 2.75) is 38.5 Å². The molecular weight excluding hydrogens is 248 g/mol. The second-order valence-electron chi connectivity index (χ2n) is 4.39. The lowest BCUT2D eigenvalue weighted by Gasteiger charge is -2.18. The highest BCUT2D eigenvalue weighted by Crippen LogP contribution is 2.36. The Morgan fingerprint density at radius 3 is 1.63 bits per heavy atom. The molecule has 5 nitrogen and oxygen atoms in total. The first-order valence-corrected chi connectivity index (χ1v) is 6.68. The van der Waals surface area contributed by atoms with Crippen LogP contribution in [0, 0.1) is 11.8 Å². The Bertz CT molecular complexity index is 251. The van der Waals surface area contributed by atoms with Crippen molar-refractivity contribution in [2.75, 3.05) is 13.2 Å². The fourth-order valence-electron chi connectivity index (χ4n) is 2.17. The van der Waals surface area contributed by atoms with E-state index in [1.165, 1.54) is 0 Å². The van der Waals surface area contributed by atoms with Gasteiger partial charge >= 0.3 is 11.9 Å². The van der Waals surface area contributed by atoms with Gasteiger partial charge in [-0.1, -0.05) is 12.8 Å². The van der Waals surface area contributed by atoms with E-state index in [1.54, 1.807) is 0 Å². The van der Waals surface area contributed by atoms with Crippen LogP contribution in [0.2, 0.25) is 0 Å². The summed E-state index contributed by atoms with van der Waals surface area (Å²) >= 11 is 0. The number of hydrogen-bond acceptors (Lipinski definition) is 5. The maximum atomic E-state index is 11.0. The zero-order chi connectivity index (χ0) is 14.7. The van der Waals surface area contributed by atoms with Gasteiger partial charge in [0.25, 0.3) is 0 Å². The molecule has 1 aliphatic carbocycles. The molecule has 1 saturated heterocycles. The number of aliphatic hydroxyl groups excluding tert-OH is 2. The minimum absolute atomic E-state index is 0.101. The largest absolute Gasteiger partial charge is 0.396 e. The number of carbonyl (C=O) groups excluding carboxylic acids is 2. The normalized spacial score (nSPS) is 24.3. The van der Waals surface area contributed by atoms with Gasteiger partial charge in [-0.3, -0.25) is 9.59 Å². The van der Waals surface area contributed by atoms with Crippen molar-refractivity contribution in [1.82, 2.24) is 0 Å². The zero-order valence-corrected chi connectivity index (χ0v) is 11.3. The summed E-state index contributed by atoms with van der Waals surface area (Å²) < 4.78 is 4.53. The summed E-state index contributed by atoms with van der Waals surface area (Å²) in [7, 11) is 0. The van der Waals surface area contributed by atoms with Crippen molar-refractivity contribution in [2.24, 2.45) is 11.8 Å². The summed E-state index contributed by atoms with van der Waals surface area (Å²) in [5.74, 6) is -0.785. The molecule has 2 N–H and O–H groups in total. The standard InChI is InChI=1S/C8H10O3.C4H10O2.C2H4/c9-7-5-3-1-2-4-6(5)8(10)11-7;5-3-1-2-4-6;1-2/h5-6H,1-4H2;5-6H,1-4H2;1-2H2. The van der Waals surface area contributed by atoms with Crippen LogP contribution in [-0.4, -0.2) is 35.4 Å². The molecule has 0 spiro atoms. The molecule has 2 fully saturated rings. The van der Waals surface area contributed by atoms with Gasteiger partial charge in [-0.25, -0.2) is 0 Å². The zero-order valence-electron chi connectivity index (χ0n) is 11.3. The highest BCUT2D eigenvalue weighted by molar-refractivity contribution is 5.96. The summed E-state index contributed by atoms with van der Waals surface area (Å²) in [4.78, 5) is 22.0. The predicted molar refractivity (Wildman–Crippen MR) is 71.2 cm³/mol. The van der Waals surface area contributed by atoms with Gasteiger partial charge in [0.05, 0.1) is 11.8 Å². The molecule has 1 heterocycles. The van der Waals surface area contributed by atoms with E-state index in [9.17, 15) is 9.59 Å². The first-order valence-electron chi connectivity index (χ1n) is 6.68. The number of unbranched alkanes of at least 4 members (excludes halogenated alkanes) is 1. The van der Waals surface area contributed by atoms with Gasteiger partial charge < -0.3 is 14.9 Å². The summed E-state index contributed by atoms with van der Waals surface area (Å²) in [6.45, 7) is 6.39. The van der Waals surface area contributed by atoms with Crippen LogP contribution in [0.1, 0.15) is 38.5 Å². The first-order chi connectivity index (χ1) is 9.20. The van der Waals surface area contributed by atoms with Crippen molar-refractivity contribution in [3.05, 3.63) is 13.2 Å². The topological polar surface area (TPSA) is 83.8 Å². The summed E-state index contributed by atoms with van der Waals surface area (Å²) in [6.07, 6.45) is 5.24. The van der Waals surface area contributed by atoms with Crippen LogP contribution in [-0.2, 0) is 14.3 Å². The Balaban J connectivity index is 0.000000350. The molecule has 2 unspecified atom stereocenters. The maximum Gasteiger partial charge on any atom is 0.317 e. The highest BCUT2D eigenvalue weighted by atomic mass is 16.6. The first kappa shape index (κ1) is 17.8. The molecule has 0 aromatic heterocycles. The summed E-state index contributed by atoms with van der Waals surface area (Å²) in [5.41, 5.74) is 0. The summed E-state index contributed by atoms with van der Waals surface area (Å²) in [6, 6.07) is 0. The van der Waals surface area contributed by atoms with Crippen molar-refractivity contribution in [1.29, 1.82) is 0 Å². The molecule has 0 radical (unpaired) electrons. The molecule has 2 atom stereocenters. The Kier molecular flexibility index (Phi) is 10.0. The quantitative estimate of drug-likeness (QED) is 0.351. The number of hydrogen-bond donors (Lipinski definition) is 2. The lowest BCUT2D eigenvalue weighted by molar-refractivity contribution is -0.153. The minimum atomic E-state index is -0.292. The van der Waals surface area contributed by atoms with Gasteiger partial charge in [0, 0.05) is 13.2 Å². The molecule has 5 heteroatoms. The van der Waals surface area contributed by atoms with Crippen LogP contribution >= 0.6 is 0 Å². The number of ether oxygens (including phenoxy) is 1. The van der Waals surface area contributed by atoms with E-state index in [4.69, 9.17) is 10.2 Å². The Labute approximate surface area is 114 Å². The van der Waals surface area contributed by atoms with E-state index >= 15 is 0 Å². The number of carbonyl (C=O) groups is 2. The van der Waals surface area contributed by atoms with Crippen LogP contribution < -0.4 is 0 Å². The average molecular weight is 272 g/mol. The van der Waals surface area contributed by atoms with Gasteiger partial charge in [-0.2, -0.15) is 0 Å². The lowest BCUT2D eigenvalue weighted by atomic mass is 9.81. The van der Waals surface area contributed by atoms with E-state index in [-0.39, 0.29) is 37.0 Å². The third-order valence-corrected chi connectivity index (χ3v) is 3.14. The Morgan fingerprint density at radius 1 is 0.947 bits per heavy atom. The van der Waals surface area contributed by atoms with E-state index < -0.39 is 0 Å². The maximum absolute atomic E-state index is 11.0. The third kappa shape index (κ3) is 5.98. The number of esters is 2. The number of rotatable bonds is 3.